The van der Waals surface area contributed by atoms with Crippen molar-refractivity contribution in [3.05, 3.63) is 88.5 Å². The van der Waals surface area contributed by atoms with E-state index >= 15 is 0 Å². The van der Waals surface area contributed by atoms with Gasteiger partial charge in [-0.3, -0.25) is 9.36 Å². The monoisotopic (exact) mass is 588 g/mol. The van der Waals surface area contributed by atoms with E-state index < -0.39 is 12.0 Å². The molecule has 0 saturated heterocycles. The van der Waals surface area contributed by atoms with E-state index in [0.717, 1.165) is 12.8 Å². The fraction of sp³-hybridized carbons (Fsp3) is 0.345. The molecule has 0 N–H and O–H groups in total. The molecule has 1 aliphatic rings. The van der Waals surface area contributed by atoms with Crippen LogP contribution in [0.25, 0.3) is 6.08 Å². The van der Waals surface area contributed by atoms with Gasteiger partial charge in [-0.05, 0) is 68.7 Å². The van der Waals surface area contributed by atoms with Crippen molar-refractivity contribution < 1.29 is 19.0 Å². The minimum atomic E-state index is -0.783. The molecule has 0 spiro atoms. The molecule has 1 unspecified atom stereocenters. The Hall–Kier alpha value is -3.07. The number of carbonyl (C=O) groups is 1. The topological polar surface area (TPSA) is 79.1 Å². The fourth-order valence-corrected chi connectivity index (χ4v) is 5.74. The van der Waals surface area contributed by atoms with Crippen LogP contribution in [0.1, 0.15) is 57.7 Å². The van der Waals surface area contributed by atoms with Crippen LogP contribution in [0.15, 0.2) is 57.5 Å². The SMILES string of the molecule is CCCCOc1ccc(C2C(C(=O)OC(C)C)=C(C)N=c3sc(=Cc4ccc(Cl)cc4Cl)c(=O)n32)cc1OC. The second-order valence-corrected chi connectivity index (χ2v) is 11.2. The molecule has 0 saturated carbocycles. The maximum atomic E-state index is 13.9. The summed E-state index contributed by atoms with van der Waals surface area (Å²) >= 11 is 13.6. The number of carbonyl (C=O) groups excluding carboxylic acids is 1. The molecule has 3 aromatic rings. The van der Waals surface area contributed by atoms with E-state index in [1.54, 1.807) is 64.3 Å². The van der Waals surface area contributed by atoms with Crippen LogP contribution in [0.2, 0.25) is 10.0 Å². The molecule has 39 heavy (non-hydrogen) atoms. The standard InChI is InChI=1S/C29H30Cl2N2O5S/c1-6-7-12-37-22-11-9-19(13-23(22)36-5)26-25(28(35)38-16(2)3)17(4)32-29-33(26)27(34)24(39-29)14-18-8-10-20(30)15-21(18)31/h8-11,13-16,26H,6-7,12H2,1-5H3. The largest absolute Gasteiger partial charge is 0.493 e. The van der Waals surface area contributed by atoms with Crippen LogP contribution in [0, 0.1) is 0 Å². The summed E-state index contributed by atoms with van der Waals surface area (Å²) in [5.74, 6) is 0.560. The fourth-order valence-electron chi connectivity index (χ4n) is 4.24. The molecule has 7 nitrogen and oxygen atoms in total. The van der Waals surface area contributed by atoms with Crippen LogP contribution in [-0.2, 0) is 9.53 Å². The number of esters is 1. The van der Waals surface area contributed by atoms with E-state index in [2.05, 4.69) is 11.9 Å². The minimum absolute atomic E-state index is 0.286. The lowest BCUT2D eigenvalue weighted by Gasteiger charge is -2.26. The summed E-state index contributed by atoms with van der Waals surface area (Å²) in [6.07, 6.45) is 3.27. The van der Waals surface area contributed by atoms with Crippen molar-refractivity contribution in [3.63, 3.8) is 0 Å². The Morgan fingerprint density at radius 3 is 2.62 bits per heavy atom. The molecular formula is C29H30Cl2N2O5S. The maximum Gasteiger partial charge on any atom is 0.338 e. The van der Waals surface area contributed by atoms with Crippen molar-refractivity contribution in [1.82, 2.24) is 4.57 Å². The van der Waals surface area contributed by atoms with Crippen molar-refractivity contribution >= 4 is 46.6 Å². The summed E-state index contributed by atoms with van der Waals surface area (Å²) in [5.41, 5.74) is 1.77. The van der Waals surface area contributed by atoms with Gasteiger partial charge in [0.2, 0.25) is 0 Å². The number of unbranched alkanes of at least 4 members (excludes halogenated alkanes) is 1. The number of rotatable bonds is 9. The first kappa shape index (κ1) is 28.9. The molecule has 206 valence electrons. The van der Waals surface area contributed by atoms with Gasteiger partial charge >= 0.3 is 5.97 Å². The molecule has 4 rings (SSSR count). The first-order valence-electron chi connectivity index (χ1n) is 12.6. The number of aromatic nitrogens is 1. The highest BCUT2D eigenvalue weighted by Crippen LogP contribution is 2.36. The molecule has 1 aliphatic heterocycles. The first-order valence-corrected chi connectivity index (χ1v) is 14.2. The minimum Gasteiger partial charge on any atom is -0.493 e. The van der Waals surface area contributed by atoms with Crippen LogP contribution in [0.3, 0.4) is 0 Å². The molecule has 2 aromatic carbocycles. The number of halogens is 2. The van der Waals surface area contributed by atoms with Crippen LogP contribution >= 0.6 is 34.5 Å². The number of fused-ring (bicyclic) bond motifs is 1. The van der Waals surface area contributed by atoms with Gasteiger partial charge in [0.05, 0.1) is 41.7 Å². The smallest absolute Gasteiger partial charge is 0.338 e. The number of nitrogens with zero attached hydrogens (tertiary/aromatic N) is 2. The van der Waals surface area contributed by atoms with Gasteiger partial charge in [0.1, 0.15) is 0 Å². The Morgan fingerprint density at radius 1 is 1.18 bits per heavy atom. The van der Waals surface area contributed by atoms with Crippen molar-refractivity contribution in [2.45, 2.75) is 52.7 Å². The summed E-state index contributed by atoms with van der Waals surface area (Å²) in [6, 6.07) is 9.72. The van der Waals surface area contributed by atoms with Crippen LogP contribution < -0.4 is 24.4 Å². The Bertz CT molecular complexity index is 1610. The summed E-state index contributed by atoms with van der Waals surface area (Å²) in [6.45, 7) is 7.95. The van der Waals surface area contributed by atoms with E-state index in [-0.39, 0.29) is 17.2 Å². The summed E-state index contributed by atoms with van der Waals surface area (Å²) in [4.78, 5) is 32.3. The van der Waals surface area contributed by atoms with Gasteiger partial charge < -0.3 is 14.2 Å². The highest BCUT2D eigenvalue weighted by atomic mass is 35.5. The number of methoxy groups -OCH3 is 1. The molecular weight excluding hydrogens is 559 g/mol. The van der Waals surface area contributed by atoms with Crippen molar-refractivity contribution in [2.24, 2.45) is 4.99 Å². The zero-order valence-electron chi connectivity index (χ0n) is 22.4. The molecule has 0 bridgehead atoms. The van der Waals surface area contributed by atoms with Crippen molar-refractivity contribution in [2.75, 3.05) is 13.7 Å². The maximum absolute atomic E-state index is 13.9. The van der Waals surface area contributed by atoms with E-state index in [0.29, 0.717) is 54.3 Å². The zero-order chi connectivity index (χ0) is 28.3. The number of ether oxygens (including phenoxy) is 3. The molecule has 0 fully saturated rings. The predicted molar refractivity (Wildman–Crippen MR) is 155 cm³/mol. The average Bonchev–Trinajstić information content (AvgIpc) is 3.18. The highest BCUT2D eigenvalue weighted by molar-refractivity contribution is 7.07. The molecule has 0 amide bonds. The quantitative estimate of drug-likeness (QED) is 0.237. The van der Waals surface area contributed by atoms with Crippen molar-refractivity contribution in [1.29, 1.82) is 0 Å². The Balaban J connectivity index is 1.91. The third-order valence-electron chi connectivity index (χ3n) is 6.09. The third kappa shape index (κ3) is 6.24. The van der Waals surface area contributed by atoms with Crippen LogP contribution in [0.4, 0.5) is 0 Å². The van der Waals surface area contributed by atoms with Gasteiger partial charge in [-0.2, -0.15) is 0 Å². The van der Waals surface area contributed by atoms with Crippen LogP contribution in [0.5, 0.6) is 11.5 Å². The van der Waals surface area contributed by atoms with E-state index in [1.165, 1.54) is 15.9 Å². The lowest BCUT2D eigenvalue weighted by Crippen LogP contribution is -2.40. The van der Waals surface area contributed by atoms with Gasteiger partial charge in [0.15, 0.2) is 16.3 Å². The van der Waals surface area contributed by atoms with Gasteiger partial charge in [0, 0.05) is 10.0 Å². The van der Waals surface area contributed by atoms with Gasteiger partial charge in [0.25, 0.3) is 5.56 Å². The molecule has 1 aromatic heterocycles. The van der Waals surface area contributed by atoms with Gasteiger partial charge in [-0.15, -0.1) is 0 Å². The average molecular weight is 590 g/mol. The Labute approximate surface area is 241 Å². The number of benzene rings is 2. The second-order valence-electron chi connectivity index (χ2n) is 9.31. The molecule has 0 aliphatic carbocycles. The van der Waals surface area contributed by atoms with Crippen molar-refractivity contribution in [3.8, 4) is 11.5 Å². The summed E-state index contributed by atoms with van der Waals surface area (Å²) in [5, 5.41) is 0.921. The first-order chi connectivity index (χ1) is 18.6. The lowest BCUT2D eigenvalue weighted by atomic mass is 9.95. The number of thiazole rings is 1. The summed E-state index contributed by atoms with van der Waals surface area (Å²) in [7, 11) is 1.56. The zero-order valence-corrected chi connectivity index (χ0v) is 24.7. The van der Waals surface area contributed by atoms with E-state index in [9.17, 15) is 9.59 Å². The number of hydrogen-bond donors (Lipinski definition) is 0. The molecule has 2 heterocycles. The van der Waals surface area contributed by atoms with Crippen LogP contribution in [-0.4, -0.2) is 30.4 Å². The Morgan fingerprint density at radius 2 is 1.95 bits per heavy atom. The molecule has 10 heteroatoms. The van der Waals surface area contributed by atoms with Gasteiger partial charge in [-0.1, -0.05) is 60.0 Å². The second kappa shape index (κ2) is 12.4. The van der Waals surface area contributed by atoms with E-state index in [1.807, 2.05) is 6.07 Å². The molecule has 0 radical (unpaired) electrons. The number of allylic oxidation sites excluding steroid dienone is 1. The highest BCUT2D eigenvalue weighted by Gasteiger charge is 2.34. The molecule has 1 atom stereocenters. The number of hydrogen-bond acceptors (Lipinski definition) is 7. The predicted octanol–water partition coefficient (Wildman–Crippen LogP) is 5.68. The lowest BCUT2D eigenvalue weighted by molar-refractivity contribution is -0.143. The normalized spacial score (nSPS) is 15.3. The van der Waals surface area contributed by atoms with E-state index in [4.69, 9.17) is 37.4 Å². The summed E-state index contributed by atoms with van der Waals surface area (Å²) < 4.78 is 19.0. The Kier molecular flexibility index (Phi) is 9.20. The van der Waals surface area contributed by atoms with Gasteiger partial charge in [-0.25, -0.2) is 9.79 Å². The third-order valence-corrected chi connectivity index (χ3v) is 7.64.